The zero-order valence-electron chi connectivity index (χ0n) is 15.6. The molecule has 2 fully saturated rings. The molecule has 27 heavy (non-hydrogen) atoms. The van der Waals surface area contributed by atoms with E-state index in [0.29, 0.717) is 29.8 Å². The van der Waals surface area contributed by atoms with Crippen molar-refractivity contribution in [3.8, 4) is 6.07 Å². The Hall–Kier alpha value is -2.14. The highest BCUT2D eigenvalue weighted by molar-refractivity contribution is 6.33. The highest BCUT2D eigenvalue weighted by Crippen LogP contribution is 2.47. The number of benzene rings is 1. The quantitative estimate of drug-likeness (QED) is 0.437. The van der Waals surface area contributed by atoms with Gasteiger partial charge in [-0.1, -0.05) is 18.0 Å². The van der Waals surface area contributed by atoms with Gasteiger partial charge in [0.25, 0.3) is 5.91 Å². The Morgan fingerprint density at radius 2 is 2.15 bits per heavy atom. The second-order valence-electron chi connectivity index (χ2n) is 6.96. The summed E-state index contributed by atoms with van der Waals surface area (Å²) in [7, 11) is 3.20. The Bertz CT molecular complexity index is 822. The van der Waals surface area contributed by atoms with Crippen molar-refractivity contribution in [3.63, 3.8) is 0 Å². The van der Waals surface area contributed by atoms with Gasteiger partial charge in [0.1, 0.15) is 18.4 Å². The van der Waals surface area contributed by atoms with Crippen molar-refractivity contribution in [2.24, 2.45) is 5.92 Å². The minimum atomic E-state index is -0.919. The van der Waals surface area contributed by atoms with Crippen molar-refractivity contribution in [3.05, 3.63) is 28.3 Å². The second kappa shape index (κ2) is 7.47. The molecule has 1 aliphatic carbocycles. The van der Waals surface area contributed by atoms with Gasteiger partial charge in [0, 0.05) is 20.1 Å². The number of halogens is 1. The van der Waals surface area contributed by atoms with Crippen LogP contribution in [-0.4, -0.2) is 49.9 Å². The third kappa shape index (κ3) is 2.89. The van der Waals surface area contributed by atoms with E-state index in [0.717, 1.165) is 12.8 Å². The number of anilines is 1. The molecule has 144 valence electrons. The maximum Gasteiger partial charge on any atom is 0.332 e. The molecular formula is C19H22ClN3O4. The van der Waals surface area contributed by atoms with E-state index in [1.807, 2.05) is 6.07 Å². The van der Waals surface area contributed by atoms with E-state index in [1.54, 1.807) is 27.1 Å². The van der Waals surface area contributed by atoms with Crippen LogP contribution in [0.2, 0.25) is 5.02 Å². The van der Waals surface area contributed by atoms with Crippen LogP contribution >= 0.6 is 11.6 Å². The number of hydrogen-bond donors (Lipinski definition) is 0. The molecule has 1 saturated carbocycles. The second-order valence-corrected chi connectivity index (χ2v) is 7.33. The number of nitriles is 1. The van der Waals surface area contributed by atoms with E-state index < -0.39 is 5.54 Å². The number of ether oxygens (including phenoxy) is 2. The Labute approximate surface area is 163 Å². The standard InChI is InChI=1S/C19H22ClN3O4/c1-12-15(7-6-13(9-21)16(12)20)23-17(24)19(22(2)18(23)25)8-4-5-14(19)10-27-11-26-3/h6-7,14H,4-5,8,10-11H2,1-3H3/t14-,19+/m1/s1. The summed E-state index contributed by atoms with van der Waals surface area (Å²) in [5, 5.41) is 9.39. The molecule has 1 aliphatic heterocycles. The molecule has 8 heteroatoms. The molecular weight excluding hydrogens is 370 g/mol. The van der Waals surface area contributed by atoms with Gasteiger partial charge in [0.15, 0.2) is 0 Å². The van der Waals surface area contributed by atoms with E-state index in [1.165, 1.54) is 15.9 Å². The number of likely N-dealkylation sites (N-methyl/N-ethyl adjacent to an activating group) is 1. The predicted octanol–water partition coefficient (Wildman–Crippen LogP) is 3.08. The van der Waals surface area contributed by atoms with Gasteiger partial charge in [0.05, 0.1) is 22.9 Å². The summed E-state index contributed by atoms with van der Waals surface area (Å²) in [5.74, 6) is -0.365. The van der Waals surface area contributed by atoms with E-state index in [4.69, 9.17) is 26.3 Å². The molecule has 0 N–H and O–H groups in total. The average Bonchev–Trinajstić information content (AvgIpc) is 3.16. The number of carbonyl (C=O) groups is 2. The smallest absolute Gasteiger partial charge is 0.332 e. The largest absolute Gasteiger partial charge is 0.359 e. The molecule has 0 unspecified atom stereocenters. The lowest BCUT2D eigenvalue weighted by Crippen LogP contribution is -2.52. The first-order chi connectivity index (χ1) is 12.9. The van der Waals surface area contributed by atoms with Crippen LogP contribution < -0.4 is 4.90 Å². The summed E-state index contributed by atoms with van der Waals surface area (Å²) >= 11 is 6.25. The Balaban J connectivity index is 1.99. The fourth-order valence-electron chi connectivity index (χ4n) is 4.24. The summed E-state index contributed by atoms with van der Waals surface area (Å²) in [5.41, 5.74) is 0.346. The van der Waals surface area contributed by atoms with Crippen LogP contribution in [0.3, 0.4) is 0 Å². The van der Waals surface area contributed by atoms with Gasteiger partial charge < -0.3 is 14.4 Å². The SMILES string of the molecule is COCOC[C@H]1CCC[C@@]12C(=O)N(c1ccc(C#N)c(Cl)c1C)C(=O)N2C. The lowest BCUT2D eigenvalue weighted by molar-refractivity contribution is -0.129. The molecule has 7 nitrogen and oxygen atoms in total. The van der Waals surface area contributed by atoms with E-state index in [2.05, 4.69) is 0 Å². The van der Waals surface area contributed by atoms with Crippen LogP contribution in [0.25, 0.3) is 0 Å². The highest BCUT2D eigenvalue weighted by atomic mass is 35.5. The average molecular weight is 392 g/mol. The van der Waals surface area contributed by atoms with Gasteiger partial charge in [-0.25, -0.2) is 9.69 Å². The Morgan fingerprint density at radius 3 is 2.81 bits per heavy atom. The van der Waals surface area contributed by atoms with E-state index in [-0.39, 0.29) is 29.7 Å². The number of urea groups is 1. The van der Waals surface area contributed by atoms with Crippen molar-refractivity contribution in [2.45, 2.75) is 31.7 Å². The van der Waals surface area contributed by atoms with Crippen LogP contribution in [0.4, 0.5) is 10.5 Å². The highest BCUT2D eigenvalue weighted by Gasteiger charge is 2.62. The Kier molecular flexibility index (Phi) is 5.43. The first-order valence-electron chi connectivity index (χ1n) is 8.78. The molecule has 2 atom stereocenters. The molecule has 1 aromatic rings. The zero-order chi connectivity index (χ0) is 19.8. The van der Waals surface area contributed by atoms with E-state index in [9.17, 15) is 9.59 Å². The van der Waals surface area contributed by atoms with Crippen molar-refractivity contribution < 1.29 is 19.1 Å². The summed E-state index contributed by atoms with van der Waals surface area (Å²) in [6, 6.07) is 4.76. The number of rotatable bonds is 5. The number of amides is 3. The topological polar surface area (TPSA) is 82.9 Å². The molecule has 3 amide bonds. The third-order valence-electron chi connectivity index (χ3n) is 5.68. The third-order valence-corrected chi connectivity index (χ3v) is 6.16. The normalized spacial score (nSPS) is 24.9. The number of methoxy groups -OCH3 is 1. The van der Waals surface area contributed by atoms with Crippen LogP contribution in [0, 0.1) is 24.2 Å². The minimum Gasteiger partial charge on any atom is -0.359 e. The maximum absolute atomic E-state index is 13.5. The van der Waals surface area contributed by atoms with Crippen LogP contribution in [0.5, 0.6) is 0 Å². The van der Waals surface area contributed by atoms with Crippen molar-refractivity contribution in [2.75, 3.05) is 32.5 Å². The van der Waals surface area contributed by atoms with Crippen molar-refractivity contribution in [1.82, 2.24) is 4.90 Å². The summed E-state index contributed by atoms with van der Waals surface area (Å²) in [6.45, 7) is 2.20. The minimum absolute atomic E-state index is 0.103. The van der Waals surface area contributed by atoms with Crippen molar-refractivity contribution >= 4 is 29.2 Å². The Morgan fingerprint density at radius 1 is 1.41 bits per heavy atom. The molecule has 0 aromatic heterocycles. The summed E-state index contributed by atoms with van der Waals surface area (Å²) in [6.07, 6.45) is 2.23. The number of hydrogen-bond acceptors (Lipinski definition) is 5. The van der Waals surface area contributed by atoms with Crippen LogP contribution in [0.1, 0.15) is 30.4 Å². The first-order valence-corrected chi connectivity index (χ1v) is 9.16. The van der Waals surface area contributed by atoms with Gasteiger partial charge in [-0.2, -0.15) is 5.26 Å². The van der Waals surface area contributed by atoms with Gasteiger partial charge in [-0.05, 0) is 37.5 Å². The van der Waals surface area contributed by atoms with Crippen LogP contribution in [0.15, 0.2) is 12.1 Å². The molecule has 1 spiro atoms. The predicted molar refractivity (Wildman–Crippen MR) is 99.4 cm³/mol. The number of nitrogens with zero attached hydrogens (tertiary/aromatic N) is 3. The lowest BCUT2D eigenvalue weighted by atomic mass is 9.86. The molecule has 0 radical (unpaired) electrons. The van der Waals surface area contributed by atoms with Crippen molar-refractivity contribution in [1.29, 1.82) is 5.26 Å². The number of imide groups is 1. The molecule has 2 aliphatic rings. The fraction of sp³-hybridized carbons (Fsp3) is 0.526. The fourth-order valence-corrected chi connectivity index (χ4v) is 4.44. The van der Waals surface area contributed by atoms with Gasteiger partial charge in [0.2, 0.25) is 0 Å². The molecule has 1 heterocycles. The van der Waals surface area contributed by atoms with Crippen LogP contribution in [-0.2, 0) is 14.3 Å². The molecule has 1 aromatic carbocycles. The molecule has 1 saturated heterocycles. The molecule has 3 rings (SSSR count). The van der Waals surface area contributed by atoms with Gasteiger partial charge >= 0.3 is 6.03 Å². The monoisotopic (exact) mass is 391 g/mol. The zero-order valence-corrected chi connectivity index (χ0v) is 16.4. The summed E-state index contributed by atoms with van der Waals surface area (Å²) in [4.78, 5) is 29.2. The molecule has 0 bridgehead atoms. The van der Waals surface area contributed by atoms with Gasteiger partial charge in [-0.15, -0.1) is 0 Å². The maximum atomic E-state index is 13.5. The van der Waals surface area contributed by atoms with Gasteiger partial charge in [-0.3, -0.25) is 4.79 Å². The first kappa shape index (κ1) is 19.6. The summed E-state index contributed by atoms with van der Waals surface area (Å²) < 4.78 is 10.4. The number of carbonyl (C=O) groups excluding carboxylic acids is 2. The van der Waals surface area contributed by atoms with E-state index >= 15 is 0 Å². The lowest BCUT2D eigenvalue weighted by Gasteiger charge is -2.34.